The fourth-order valence-corrected chi connectivity index (χ4v) is 6.31. The van der Waals surface area contributed by atoms with Crippen LogP contribution in [0, 0.1) is 22.3 Å². The molecule has 1 unspecified atom stereocenters. The van der Waals surface area contributed by atoms with Crippen LogP contribution in [0.1, 0.15) is 68.4 Å². The largest absolute Gasteiger partial charge is 0.483 e. The Balaban J connectivity index is 1.13. The lowest BCUT2D eigenvalue weighted by Gasteiger charge is -2.51. The minimum atomic E-state index is -0.632. The Kier molecular flexibility index (Phi) is 6.87. The van der Waals surface area contributed by atoms with Gasteiger partial charge < -0.3 is 20.5 Å². The predicted molar refractivity (Wildman–Crippen MR) is 153 cm³/mol. The fraction of sp³-hybridized carbons (Fsp3) is 0.433. The zero-order valence-electron chi connectivity index (χ0n) is 23.1. The van der Waals surface area contributed by atoms with Gasteiger partial charge in [0, 0.05) is 25.2 Å². The van der Waals surface area contributed by atoms with E-state index in [1.165, 1.54) is 0 Å². The summed E-state index contributed by atoms with van der Waals surface area (Å²) in [4.78, 5) is 21.1. The van der Waals surface area contributed by atoms with E-state index in [4.69, 9.17) is 15.0 Å². The smallest absolute Gasteiger partial charge is 0.309 e. The first-order valence-corrected chi connectivity index (χ1v) is 14.0. The van der Waals surface area contributed by atoms with Crippen LogP contribution in [-0.2, 0) is 11.3 Å². The molecule has 41 heavy (non-hydrogen) atoms. The summed E-state index contributed by atoms with van der Waals surface area (Å²) in [7, 11) is 0. The number of fused-ring (bicyclic) bond motifs is 5. The Morgan fingerprint density at radius 2 is 2.00 bits per heavy atom. The summed E-state index contributed by atoms with van der Waals surface area (Å²) in [5.41, 5.74) is 4.56. The maximum absolute atomic E-state index is 11.8. The first-order valence-electron chi connectivity index (χ1n) is 14.0. The van der Waals surface area contributed by atoms with Gasteiger partial charge in [0.2, 0.25) is 0 Å². The summed E-state index contributed by atoms with van der Waals surface area (Å²) in [6, 6.07) is 9.69. The second-order valence-corrected chi connectivity index (χ2v) is 11.6. The number of nitrogens with zero attached hydrogens (tertiary/aromatic N) is 5. The minimum Gasteiger partial charge on any atom is -0.483 e. The van der Waals surface area contributed by atoms with Crippen LogP contribution in [0.2, 0.25) is 0 Å². The van der Waals surface area contributed by atoms with Crippen LogP contribution < -0.4 is 20.7 Å². The summed E-state index contributed by atoms with van der Waals surface area (Å²) in [6.07, 6.45) is 8.66. The lowest BCUT2D eigenvalue weighted by Crippen LogP contribution is -2.49. The Hall–Kier alpha value is -4.43. The number of carbonyl (C=O) groups is 1. The van der Waals surface area contributed by atoms with Crippen molar-refractivity contribution in [3.8, 4) is 11.9 Å². The molecule has 0 spiro atoms. The molecule has 1 atom stereocenters. The second kappa shape index (κ2) is 10.5. The van der Waals surface area contributed by atoms with Gasteiger partial charge in [0.15, 0.2) is 17.7 Å². The zero-order valence-corrected chi connectivity index (χ0v) is 23.1. The van der Waals surface area contributed by atoms with Gasteiger partial charge in [-0.2, -0.15) is 10.4 Å². The van der Waals surface area contributed by atoms with Crippen LogP contribution in [0.5, 0.6) is 5.75 Å². The van der Waals surface area contributed by atoms with Gasteiger partial charge in [-0.25, -0.2) is 14.5 Å². The number of nitrogens with one attached hydrogen (secondary N) is 3. The molecule has 1 aliphatic heterocycles. The molecule has 11 heteroatoms. The van der Waals surface area contributed by atoms with Crippen molar-refractivity contribution in [1.82, 2.24) is 30.5 Å². The third-order valence-electron chi connectivity index (χ3n) is 9.12. The molecule has 2 aromatic heterocycles. The molecule has 11 nitrogen and oxygen atoms in total. The summed E-state index contributed by atoms with van der Waals surface area (Å²) >= 11 is 0. The molecular formula is C30H34N8O3. The van der Waals surface area contributed by atoms with E-state index >= 15 is 0 Å². The van der Waals surface area contributed by atoms with E-state index in [1.54, 1.807) is 10.7 Å². The van der Waals surface area contributed by atoms with Gasteiger partial charge in [-0.1, -0.05) is 12.6 Å². The second-order valence-electron chi connectivity index (χ2n) is 11.6. The predicted octanol–water partition coefficient (Wildman–Crippen LogP) is 4.06. The first-order chi connectivity index (χ1) is 19.8. The van der Waals surface area contributed by atoms with Crippen LogP contribution in [0.25, 0.3) is 11.3 Å². The Bertz CT molecular complexity index is 1560. The van der Waals surface area contributed by atoms with Crippen LogP contribution >= 0.6 is 0 Å². The standard InChI is InChI=1S/C30H34N8O3/c1-19(32-15-21-3-4-25-23(13-21)36-26(16-41-25)34-18-31)22-14-24(38-27(37-22)5-12-35-38)20(2)33-17-29-6-9-30(10-7-29,11-8-29)28(39)40/h3-5,12-14,19,32-33H,2,6-11,15-17H2,1H3,(H,34,36)(H,39,40). The highest BCUT2D eigenvalue weighted by Crippen LogP contribution is 2.56. The van der Waals surface area contributed by atoms with Gasteiger partial charge in [0.05, 0.1) is 28.7 Å². The number of benzene rings is 1. The van der Waals surface area contributed by atoms with Crippen molar-refractivity contribution in [3.63, 3.8) is 0 Å². The van der Waals surface area contributed by atoms with Gasteiger partial charge in [0.25, 0.3) is 0 Å². The van der Waals surface area contributed by atoms with E-state index in [-0.39, 0.29) is 18.1 Å². The number of carboxylic acids is 1. The molecule has 3 aliphatic carbocycles. The molecule has 3 aromatic rings. The van der Waals surface area contributed by atoms with Gasteiger partial charge in [-0.05, 0) is 74.6 Å². The molecule has 212 valence electrons. The lowest BCUT2D eigenvalue weighted by molar-refractivity contribution is -0.158. The van der Waals surface area contributed by atoms with E-state index in [0.717, 1.165) is 73.4 Å². The van der Waals surface area contributed by atoms with Crippen LogP contribution in [0.4, 0.5) is 5.69 Å². The van der Waals surface area contributed by atoms with E-state index in [1.807, 2.05) is 36.5 Å². The number of hydrogen-bond donors (Lipinski definition) is 4. The quantitative estimate of drug-likeness (QED) is 0.227. The first kappa shape index (κ1) is 26.8. The third-order valence-corrected chi connectivity index (χ3v) is 9.12. The number of aliphatic carboxylic acids is 1. The monoisotopic (exact) mass is 554 g/mol. The summed E-state index contributed by atoms with van der Waals surface area (Å²) in [5, 5.41) is 32.7. The maximum Gasteiger partial charge on any atom is 0.309 e. The highest BCUT2D eigenvalue weighted by Gasteiger charge is 2.52. The molecule has 4 N–H and O–H groups in total. The van der Waals surface area contributed by atoms with Gasteiger partial charge in [-0.3, -0.25) is 10.1 Å². The van der Waals surface area contributed by atoms with E-state index in [0.29, 0.717) is 23.8 Å². The average Bonchev–Trinajstić information content (AvgIpc) is 3.48. The number of nitriles is 1. The molecule has 3 fully saturated rings. The molecule has 2 bridgehead atoms. The van der Waals surface area contributed by atoms with Crippen molar-refractivity contribution < 1.29 is 14.6 Å². The van der Waals surface area contributed by atoms with E-state index in [9.17, 15) is 9.90 Å². The number of aromatic nitrogens is 3. The normalized spacial score (nSPS) is 23.6. The summed E-state index contributed by atoms with van der Waals surface area (Å²) < 4.78 is 7.47. The summed E-state index contributed by atoms with van der Waals surface area (Å²) in [6.45, 7) is 8.02. The maximum atomic E-state index is 11.8. The Morgan fingerprint density at radius 1 is 1.22 bits per heavy atom. The zero-order chi connectivity index (χ0) is 28.6. The van der Waals surface area contributed by atoms with Crippen LogP contribution in [0.15, 0.2) is 48.1 Å². The average molecular weight is 555 g/mol. The van der Waals surface area contributed by atoms with Crippen molar-refractivity contribution in [1.29, 1.82) is 5.26 Å². The minimum absolute atomic E-state index is 0.0625. The van der Waals surface area contributed by atoms with Crippen molar-refractivity contribution >= 4 is 28.8 Å². The lowest BCUT2D eigenvalue weighted by atomic mass is 9.53. The van der Waals surface area contributed by atoms with Crippen molar-refractivity contribution in [2.24, 2.45) is 15.8 Å². The SMILES string of the molecule is C=C(NCC12CCC(C(=O)O)(CC1)CC2)c1cc(C(C)NCc2ccc3c(c2)N=C(NC#N)CO3)nc2ccnn12. The molecule has 7 rings (SSSR count). The number of aliphatic imine (C=N–C) groups is 1. The van der Waals surface area contributed by atoms with Gasteiger partial charge in [0.1, 0.15) is 18.0 Å². The number of ether oxygens (including phenoxy) is 1. The fourth-order valence-electron chi connectivity index (χ4n) is 6.31. The van der Waals surface area contributed by atoms with E-state index < -0.39 is 11.4 Å². The number of carboxylic acid groups (broad SMARTS) is 1. The van der Waals surface area contributed by atoms with Crippen LogP contribution in [-0.4, -0.2) is 44.7 Å². The van der Waals surface area contributed by atoms with Crippen molar-refractivity contribution in [3.05, 3.63) is 60.1 Å². The molecule has 3 heterocycles. The molecule has 1 aromatic carbocycles. The molecule has 0 amide bonds. The molecule has 4 aliphatic rings. The number of amidine groups is 1. The van der Waals surface area contributed by atoms with Crippen molar-refractivity contribution in [2.75, 3.05) is 13.2 Å². The number of rotatable bonds is 9. The molecule has 3 saturated carbocycles. The molecular weight excluding hydrogens is 520 g/mol. The Labute approximate surface area is 238 Å². The van der Waals surface area contributed by atoms with Gasteiger partial charge >= 0.3 is 5.97 Å². The molecule has 0 radical (unpaired) electrons. The van der Waals surface area contributed by atoms with Gasteiger partial charge in [-0.15, -0.1) is 0 Å². The molecule has 0 saturated heterocycles. The topological polar surface area (TPSA) is 149 Å². The summed E-state index contributed by atoms with van der Waals surface area (Å²) in [5.74, 6) is 0.543. The van der Waals surface area contributed by atoms with E-state index in [2.05, 4.69) is 39.5 Å². The Morgan fingerprint density at radius 3 is 2.73 bits per heavy atom. The highest BCUT2D eigenvalue weighted by molar-refractivity contribution is 5.89. The van der Waals surface area contributed by atoms with Crippen LogP contribution in [0.3, 0.4) is 0 Å². The highest BCUT2D eigenvalue weighted by atomic mass is 16.5. The third kappa shape index (κ3) is 5.11. The van der Waals surface area contributed by atoms with Crippen molar-refractivity contribution in [2.45, 2.75) is 58.0 Å². The number of hydrogen-bond acceptors (Lipinski definition) is 9.